The highest BCUT2D eigenvalue weighted by atomic mass is 16.5. The molecule has 0 unspecified atom stereocenters. The van der Waals surface area contributed by atoms with E-state index >= 15 is 0 Å². The van der Waals surface area contributed by atoms with E-state index in [-0.39, 0.29) is 0 Å². The molecule has 0 amide bonds. The first kappa shape index (κ1) is 16.9. The van der Waals surface area contributed by atoms with E-state index in [1.807, 2.05) is 30.6 Å². The van der Waals surface area contributed by atoms with E-state index in [0.29, 0.717) is 17.2 Å². The quantitative estimate of drug-likeness (QED) is 0.573. The third-order valence-corrected chi connectivity index (χ3v) is 4.52. The van der Waals surface area contributed by atoms with Gasteiger partial charge in [-0.05, 0) is 35.2 Å². The van der Waals surface area contributed by atoms with Gasteiger partial charge in [-0.2, -0.15) is 0 Å². The van der Waals surface area contributed by atoms with Gasteiger partial charge in [-0.25, -0.2) is 9.97 Å². The molecular weight excluding hydrogens is 342 g/mol. The van der Waals surface area contributed by atoms with Gasteiger partial charge in [0, 0.05) is 29.0 Å². The second kappa shape index (κ2) is 6.99. The predicted molar refractivity (Wildman–Crippen MR) is 104 cm³/mol. The zero-order valence-corrected chi connectivity index (χ0v) is 15.3. The number of methoxy groups -OCH3 is 3. The van der Waals surface area contributed by atoms with Crippen LogP contribution in [0.3, 0.4) is 0 Å². The van der Waals surface area contributed by atoms with Crippen molar-refractivity contribution >= 4 is 10.9 Å². The number of aromatic nitrogens is 3. The molecule has 0 saturated heterocycles. The largest absolute Gasteiger partial charge is 0.493 e. The number of benzene rings is 2. The Labute approximate surface area is 156 Å². The molecule has 6 heteroatoms. The Morgan fingerprint density at radius 1 is 0.852 bits per heavy atom. The monoisotopic (exact) mass is 361 g/mol. The number of nitrogens with one attached hydrogen (secondary N) is 1. The lowest BCUT2D eigenvalue weighted by molar-refractivity contribution is 0.324. The molecule has 0 bridgehead atoms. The van der Waals surface area contributed by atoms with Gasteiger partial charge in [0.15, 0.2) is 11.5 Å². The molecule has 136 valence electrons. The number of aromatic amines is 1. The molecule has 0 saturated carbocycles. The van der Waals surface area contributed by atoms with Gasteiger partial charge in [-0.3, -0.25) is 0 Å². The summed E-state index contributed by atoms with van der Waals surface area (Å²) < 4.78 is 16.4. The molecule has 0 radical (unpaired) electrons. The van der Waals surface area contributed by atoms with Crippen LogP contribution in [0.15, 0.2) is 55.1 Å². The van der Waals surface area contributed by atoms with E-state index in [9.17, 15) is 0 Å². The van der Waals surface area contributed by atoms with E-state index in [4.69, 9.17) is 14.2 Å². The van der Waals surface area contributed by atoms with Crippen LogP contribution in [0.5, 0.6) is 17.2 Å². The van der Waals surface area contributed by atoms with Crippen molar-refractivity contribution in [3.8, 4) is 39.6 Å². The van der Waals surface area contributed by atoms with Crippen molar-refractivity contribution in [1.29, 1.82) is 0 Å². The van der Waals surface area contributed by atoms with Crippen molar-refractivity contribution in [3.63, 3.8) is 0 Å². The van der Waals surface area contributed by atoms with Gasteiger partial charge in [0.25, 0.3) is 0 Å². The number of ether oxygens (including phenoxy) is 3. The number of hydrogen-bond acceptors (Lipinski definition) is 5. The van der Waals surface area contributed by atoms with E-state index < -0.39 is 0 Å². The molecule has 2 aromatic carbocycles. The molecule has 27 heavy (non-hydrogen) atoms. The SMILES string of the molecule is COc1cc(-c2ncncc2-c2ccc3cc[nH]c3c2)cc(OC)c1OC. The minimum atomic E-state index is 0.548. The first-order valence-electron chi connectivity index (χ1n) is 8.43. The average molecular weight is 361 g/mol. The van der Waals surface area contributed by atoms with E-state index in [0.717, 1.165) is 33.3 Å². The number of nitrogens with zero attached hydrogens (tertiary/aromatic N) is 2. The fourth-order valence-electron chi connectivity index (χ4n) is 3.20. The van der Waals surface area contributed by atoms with Gasteiger partial charge in [0.05, 0.1) is 27.0 Å². The summed E-state index contributed by atoms with van der Waals surface area (Å²) in [6.07, 6.45) is 5.28. The van der Waals surface area contributed by atoms with Crippen LogP contribution in [0.25, 0.3) is 33.3 Å². The topological polar surface area (TPSA) is 69.3 Å². The summed E-state index contributed by atoms with van der Waals surface area (Å²) in [5.74, 6) is 1.71. The molecule has 0 fully saturated rings. The Balaban J connectivity index is 1.90. The van der Waals surface area contributed by atoms with Crippen molar-refractivity contribution in [2.45, 2.75) is 0 Å². The van der Waals surface area contributed by atoms with Gasteiger partial charge in [0.1, 0.15) is 6.33 Å². The van der Waals surface area contributed by atoms with Crippen LogP contribution in [-0.4, -0.2) is 36.3 Å². The maximum Gasteiger partial charge on any atom is 0.203 e. The zero-order valence-electron chi connectivity index (χ0n) is 15.3. The molecule has 0 aliphatic rings. The van der Waals surface area contributed by atoms with E-state index in [1.54, 1.807) is 21.3 Å². The van der Waals surface area contributed by atoms with Crippen LogP contribution >= 0.6 is 0 Å². The van der Waals surface area contributed by atoms with Gasteiger partial charge in [-0.1, -0.05) is 12.1 Å². The van der Waals surface area contributed by atoms with Crippen LogP contribution in [0.2, 0.25) is 0 Å². The maximum absolute atomic E-state index is 5.48. The molecule has 6 nitrogen and oxygen atoms in total. The molecule has 0 aliphatic carbocycles. The lowest BCUT2D eigenvalue weighted by Gasteiger charge is -2.15. The van der Waals surface area contributed by atoms with Crippen LogP contribution < -0.4 is 14.2 Å². The van der Waals surface area contributed by atoms with Crippen LogP contribution in [0.4, 0.5) is 0 Å². The minimum Gasteiger partial charge on any atom is -0.493 e. The Morgan fingerprint density at radius 2 is 1.63 bits per heavy atom. The second-order valence-corrected chi connectivity index (χ2v) is 5.98. The summed E-state index contributed by atoms with van der Waals surface area (Å²) in [7, 11) is 4.78. The van der Waals surface area contributed by atoms with Crippen molar-refractivity contribution in [1.82, 2.24) is 15.0 Å². The van der Waals surface area contributed by atoms with Crippen molar-refractivity contribution in [2.75, 3.05) is 21.3 Å². The predicted octanol–water partition coefficient (Wildman–Crippen LogP) is 4.32. The van der Waals surface area contributed by atoms with Crippen molar-refractivity contribution in [2.24, 2.45) is 0 Å². The summed E-state index contributed by atoms with van der Waals surface area (Å²) >= 11 is 0. The van der Waals surface area contributed by atoms with Crippen LogP contribution in [0, 0.1) is 0 Å². The van der Waals surface area contributed by atoms with Crippen molar-refractivity contribution in [3.05, 3.63) is 55.1 Å². The summed E-state index contributed by atoms with van der Waals surface area (Å²) in [6, 6.07) is 12.1. The van der Waals surface area contributed by atoms with Crippen LogP contribution in [-0.2, 0) is 0 Å². The highest BCUT2D eigenvalue weighted by molar-refractivity contribution is 5.89. The average Bonchev–Trinajstić information content (AvgIpc) is 3.20. The fourth-order valence-corrected chi connectivity index (χ4v) is 3.20. The van der Waals surface area contributed by atoms with Gasteiger partial charge < -0.3 is 19.2 Å². The Morgan fingerprint density at radius 3 is 2.33 bits per heavy atom. The summed E-state index contributed by atoms with van der Waals surface area (Å²) in [5.41, 5.74) is 4.65. The standard InChI is InChI=1S/C21H19N3O3/c1-25-18-9-15(10-19(26-2)21(18)27-3)20-16(11-22-12-24-20)14-5-4-13-6-7-23-17(13)8-14/h4-12,23H,1-3H3. The molecule has 2 aromatic heterocycles. The van der Waals surface area contributed by atoms with Gasteiger partial charge in [0.2, 0.25) is 5.75 Å². The Bertz CT molecular complexity index is 1080. The third kappa shape index (κ3) is 2.95. The smallest absolute Gasteiger partial charge is 0.203 e. The van der Waals surface area contributed by atoms with E-state index in [1.165, 1.54) is 6.33 Å². The lowest BCUT2D eigenvalue weighted by atomic mass is 9.99. The molecule has 0 atom stereocenters. The maximum atomic E-state index is 5.48. The first-order valence-corrected chi connectivity index (χ1v) is 8.43. The normalized spacial score (nSPS) is 10.8. The molecule has 0 spiro atoms. The van der Waals surface area contributed by atoms with E-state index in [2.05, 4.69) is 33.2 Å². The molecule has 0 aliphatic heterocycles. The van der Waals surface area contributed by atoms with Gasteiger partial charge >= 0.3 is 0 Å². The van der Waals surface area contributed by atoms with Crippen LogP contribution in [0.1, 0.15) is 0 Å². The summed E-state index contributed by atoms with van der Waals surface area (Å²) in [4.78, 5) is 12.0. The molecule has 4 rings (SSSR count). The number of fused-ring (bicyclic) bond motifs is 1. The summed E-state index contributed by atoms with van der Waals surface area (Å²) in [5, 5.41) is 1.16. The Kier molecular flexibility index (Phi) is 4.38. The summed E-state index contributed by atoms with van der Waals surface area (Å²) in [6.45, 7) is 0. The zero-order chi connectivity index (χ0) is 18.8. The highest BCUT2D eigenvalue weighted by Crippen LogP contribution is 2.42. The highest BCUT2D eigenvalue weighted by Gasteiger charge is 2.17. The van der Waals surface area contributed by atoms with Gasteiger partial charge in [-0.15, -0.1) is 0 Å². The number of rotatable bonds is 5. The first-order chi connectivity index (χ1) is 13.2. The molecule has 1 N–H and O–H groups in total. The third-order valence-electron chi connectivity index (χ3n) is 4.52. The fraction of sp³-hybridized carbons (Fsp3) is 0.143. The van der Waals surface area contributed by atoms with Crippen molar-refractivity contribution < 1.29 is 14.2 Å². The number of H-pyrrole nitrogens is 1. The second-order valence-electron chi connectivity index (χ2n) is 5.98. The number of hydrogen-bond donors (Lipinski definition) is 1. The Hall–Kier alpha value is -3.54. The molecule has 4 aromatic rings. The molecular formula is C21H19N3O3. The minimum absolute atomic E-state index is 0.548. The molecule has 2 heterocycles. The lowest BCUT2D eigenvalue weighted by Crippen LogP contribution is -1.97.